The van der Waals surface area contributed by atoms with Crippen molar-refractivity contribution >= 4 is 10.0 Å². The van der Waals surface area contributed by atoms with E-state index in [1.165, 1.54) is 16.6 Å². The van der Waals surface area contributed by atoms with Gasteiger partial charge in [0.1, 0.15) is 0 Å². The summed E-state index contributed by atoms with van der Waals surface area (Å²) in [6, 6.07) is 3.18. The fourth-order valence-corrected chi connectivity index (χ4v) is 3.32. The third-order valence-corrected chi connectivity index (χ3v) is 4.86. The number of hydrogen-bond acceptors (Lipinski definition) is 5. The Morgan fingerprint density at radius 3 is 2.83 bits per heavy atom. The SMILES string of the molecule is COC1CCN(S(=O)(=O)c2ccc(CN)cn2)C1. The Morgan fingerprint density at radius 2 is 2.33 bits per heavy atom. The first-order valence-corrected chi connectivity index (χ1v) is 7.20. The van der Waals surface area contributed by atoms with Gasteiger partial charge in [0, 0.05) is 32.9 Å². The summed E-state index contributed by atoms with van der Waals surface area (Å²) in [6.07, 6.45) is 2.19. The lowest BCUT2D eigenvalue weighted by Crippen LogP contribution is -2.30. The van der Waals surface area contributed by atoms with Crippen LogP contribution in [-0.2, 0) is 21.3 Å². The summed E-state index contributed by atoms with van der Waals surface area (Å²) in [6.45, 7) is 1.21. The maximum absolute atomic E-state index is 12.3. The van der Waals surface area contributed by atoms with Crippen molar-refractivity contribution in [3.05, 3.63) is 23.9 Å². The van der Waals surface area contributed by atoms with Crippen molar-refractivity contribution in [2.24, 2.45) is 5.73 Å². The molecular formula is C11H17N3O3S. The predicted octanol–water partition coefficient (Wildman–Crippen LogP) is -0.0503. The molecule has 1 unspecified atom stereocenters. The molecule has 0 radical (unpaired) electrons. The van der Waals surface area contributed by atoms with Crippen LogP contribution in [-0.4, -0.2) is 44.0 Å². The van der Waals surface area contributed by atoms with Gasteiger partial charge in [0.2, 0.25) is 0 Å². The molecule has 2 rings (SSSR count). The molecule has 6 nitrogen and oxygen atoms in total. The number of rotatable bonds is 4. The van der Waals surface area contributed by atoms with Crippen LogP contribution in [0.5, 0.6) is 0 Å². The van der Waals surface area contributed by atoms with Crippen LogP contribution in [0.2, 0.25) is 0 Å². The minimum atomic E-state index is -3.51. The molecule has 1 aliphatic heterocycles. The zero-order chi connectivity index (χ0) is 13.2. The standard InChI is InChI=1S/C11H17N3O3S/c1-17-10-4-5-14(8-10)18(15,16)11-3-2-9(6-12)7-13-11/h2-3,7,10H,4-6,8,12H2,1H3. The number of nitrogens with two attached hydrogens (primary N) is 1. The molecule has 100 valence electrons. The van der Waals surface area contributed by atoms with E-state index in [-0.39, 0.29) is 11.1 Å². The van der Waals surface area contributed by atoms with Gasteiger partial charge < -0.3 is 10.5 Å². The van der Waals surface area contributed by atoms with E-state index in [9.17, 15) is 8.42 Å². The van der Waals surface area contributed by atoms with Crippen LogP contribution in [0.3, 0.4) is 0 Å². The maximum atomic E-state index is 12.3. The van der Waals surface area contributed by atoms with Gasteiger partial charge in [0.25, 0.3) is 10.0 Å². The Labute approximate surface area is 107 Å². The van der Waals surface area contributed by atoms with E-state index in [4.69, 9.17) is 10.5 Å². The van der Waals surface area contributed by atoms with Gasteiger partial charge in [0.15, 0.2) is 5.03 Å². The van der Waals surface area contributed by atoms with Crippen LogP contribution in [0, 0.1) is 0 Å². The first-order chi connectivity index (χ1) is 8.57. The molecule has 7 heteroatoms. The number of aromatic nitrogens is 1. The van der Waals surface area contributed by atoms with E-state index in [1.54, 1.807) is 13.2 Å². The topological polar surface area (TPSA) is 85.5 Å². The Kier molecular flexibility index (Phi) is 3.96. The highest BCUT2D eigenvalue weighted by molar-refractivity contribution is 7.89. The summed E-state index contributed by atoms with van der Waals surface area (Å²) < 4.78 is 31.1. The summed E-state index contributed by atoms with van der Waals surface area (Å²) in [7, 11) is -1.91. The van der Waals surface area contributed by atoms with Crippen molar-refractivity contribution in [2.75, 3.05) is 20.2 Å². The fourth-order valence-electron chi connectivity index (χ4n) is 1.92. The van der Waals surface area contributed by atoms with Crippen molar-refractivity contribution < 1.29 is 13.2 Å². The first-order valence-electron chi connectivity index (χ1n) is 5.76. The number of nitrogens with zero attached hydrogens (tertiary/aromatic N) is 2. The van der Waals surface area contributed by atoms with Gasteiger partial charge in [-0.15, -0.1) is 0 Å². The second-order valence-electron chi connectivity index (χ2n) is 4.22. The smallest absolute Gasteiger partial charge is 0.260 e. The molecule has 1 aromatic heterocycles. The average molecular weight is 271 g/mol. The number of ether oxygens (including phenoxy) is 1. The van der Waals surface area contributed by atoms with Crippen molar-refractivity contribution in [1.29, 1.82) is 0 Å². The number of methoxy groups -OCH3 is 1. The molecule has 0 aliphatic carbocycles. The lowest BCUT2D eigenvalue weighted by atomic mass is 10.3. The van der Waals surface area contributed by atoms with Crippen LogP contribution < -0.4 is 5.73 Å². The Hall–Kier alpha value is -1.02. The summed E-state index contributed by atoms with van der Waals surface area (Å²) in [4.78, 5) is 3.97. The molecule has 1 atom stereocenters. The summed E-state index contributed by atoms with van der Waals surface area (Å²) in [5.74, 6) is 0. The lowest BCUT2D eigenvalue weighted by molar-refractivity contribution is 0.115. The van der Waals surface area contributed by atoms with Crippen LogP contribution in [0.4, 0.5) is 0 Å². The highest BCUT2D eigenvalue weighted by Crippen LogP contribution is 2.20. The maximum Gasteiger partial charge on any atom is 0.260 e. The molecule has 2 N–H and O–H groups in total. The molecule has 0 saturated carbocycles. The molecular weight excluding hydrogens is 254 g/mol. The van der Waals surface area contributed by atoms with Crippen molar-refractivity contribution in [3.8, 4) is 0 Å². The minimum Gasteiger partial charge on any atom is -0.380 e. The molecule has 0 spiro atoms. The van der Waals surface area contributed by atoms with E-state index in [1.807, 2.05) is 0 Å². The first kappa shape index (κ1) is 13.4. The third-order valence-electron chi connectivity index (χ3n) is 3.08. The van der Waals surface area contributed by atoms with Gasteiger partial charge in [-0.2, -0.15) is 4.31 Å². The Morgan fingerprint density at radius 1 is 1.56 bits per heavy atom. The molecule has 0 aromatic carbocycles. The van der Waals surface area contributed by atoms with Gasteiger partial charge in [-0.25, -0.2) is 13.4 Å². The molecule has 0 bridgehead atoms. The number of pyridine rings is 1. The third kappa shape index (κ3) is 2.54. The quantitative estimate of drug-likeness (QED) is 0.830. The van der Waals surface area contributed by atoms with Crippen molar-refractivity contribution in [1.82, 2.24) is 9.29 Å². The number of sulfonamides is 1. The highest BCUT2D eigenvalue weighted by atomic mass is 32.2. The van der Waals surface area contributed by atoms with E-state index >= 15 is 0 Å². The molecule has 1 saturated heterocycles. The minimum absolute atomic E-state index is 0.0249. The molecule has 1 aliphatic rings. The Balaban J connectivity index is 2.20. The molecule has 1 aromatic rings. The van der Waals surface area contributed by atoms with E-state index < -0.39 is 10.0 Å². The highest BCUT2D eigenvalue weighted by Gasteiger charge is 2.33. The summed E-state index contributed by atoms with van der Waals surface area (Å²) in [5.41, 5.74) is 6.26. The molecule has 2 heterocycles. The number of hydrogen-bond donors (Lipinski definition) is 1. The predicted molar refractivity (Wildman–Crippen MR) is 66.3 cm³/mol. The largest absolute Gasteiger partial charge is 0.380 e. The van der Waals surface area contributed by atoms with Crippen molar-refractivity contribution in [2.45, 2.75) is 24.1 Å². The Bertz CT molecular complexity index is 501. The normalized spacial score (nSPS) is 21.3. The second-order valence-corrected chi connectivity index (χ2v) is 6.10. The molecule has 1 fully saturated rings. The zero-order valence-electron chi connectivity index (χ0n) is 10.2. The fraction of sp³-hybridized carbons (Fsp3) is 0.545. The van der Waals surface area contributed by atoms with E-state index in [2.05, 4.69) is 4.98 Å². The van der Waals surface area contributed by atoms with E-state index in [0.717, 1.165) is 12.0 Å². The van der Waals surface area contributed by atoms with Crippen molar-refractivity contribution in [3.63, 3.8) is 0 Å². The molecule has 18 heavy (non-hydrogen) atoms. The van der Waals surface area contributed by atoms with Gasteiger partial charge in [0.05, 0.1) is 6.10 Å². The van der Waals surface area contributed by atoms with Gasteiger partial charge in [-0.1, -0.05) is 6.07 Å². The monoisotopic (exact) mass is 271 g/mol. The average Bonchev–Trinajstić information content (AvgIpc) is 2.88. The summed E-state index contributed by atoms with van der Waals surface area (Å²) >= 11 is 0. The zero-order valence-corrected chi connectivity index (χ0v) is 11.1. The van der Waals surface area contributed by atoms with Crippen LogP contribution in [0.15, 0.2) is 23.4 Å². The van der Waals surface area contributed by atoms with Crippen LogP contribution in [0.1, 0.15) is 12.0 Å². The second kappa shape index (κ2) is 5.31. The van der Waals surface area contributed by atoms with Gasteiger partial charge >= 0.3 is 0 Å². The summed E-state index contributed by atoms with van der Waals surface area (Å²) in [5, 5.41) is 0.0662. The van der Waals surface area contributed by atoms with Gasteiger partial charge in [-0.05, 0) is 18.1 Å². The van der Waals surface area contributed by atoms with Crippen LogP contribution >= 0.6 is 0 Å². The van der Waals surface area contributed by atoms with E-state index in [0.29, 0.717) is 19.6 Å². The van der Waals surface area contributed by atoms with Crippen LogP contribution in [0.25, 0.3) is 0 Å². The molecule has 0 amide bonds. The van der Waals surface area contributed by atoms with Gasteiger partial charge in [-0.3, -0.25) is 0 Å². The lowest BCUT2D eigenvalue weighted by Gasteiger charge is -2.15.